The summed E-state index contributed by atoms with van der Waals surface area (Å²) in [6, 6.07) is 11.2. The van der Waals surface area contributed by atoms with E-state index in [1.807, 2.05) is 0 Å². The lowest BCUT2D eigenvalue weighted by molar-refractivity contribution is -0.143. The Labute approximate surface area is 189 Å². The minimum Gasteiger partial charge on any atom is -0.493 e. The lowest BCUT2D eigenvalue weighted by Gasteiger charge is -2.18. The van der Waals surface area contributed by atoms with E-state index in [0.29, 0.717) is 33.7 Å². The van der Waals surface area contributed by atoms with Crippen LogP contribution in [0.5, 0.6) is 17.2 Å². The maximum absolute atomic E-state index is 13.5. The molecule has 3 rings (SSSR count). The molecule has 0 N–H and O–H groups in total. The number of alkyl halides is 3. The summed E-state index contributed by atoms with van der Waals surface area (Å²) in [6.07, 6.45) is -1.57. The third-order valence-corrected chi connectivity index (χ3v) is 5.24. The predicted molar refractivity (Wildman–Crippen MR) is 120 cm³/mol. The Morgan fingerprint density at radius 1 is 1.03 bits per heavy atom. The number of carbonyl (C=O) groups is 1. The Kier molecular flexibility index (Phi) is 7.20. The van der Waals surface area contributed by atoms with Gasteiger partial charge in [0.2, 0.25) is 11.7 Å². The molecule has 2 aromatic carbocycles. The average Bonchev–Trinajstić information content (AvgIpc) is 3.19. The number of methoxy groups -OCH3 is 3. The standard InChI is InChI=1S/C24H25F3N2O4/c1-28(11-12-29-18-8-6-5-7-17(18)15-21(29)24(25,26)27)22(30)10-9-16-13-19(31-2)23(33-4)20(14-16)32-3/h5-10,13-15H,11-12H2,1-4H3/b10-9+. The van der Waals surface area contributed by atoms with Gasteiger partial charge in [-0.25, -0.2) is 0 Å². The molecule has 0 bridgehead atoms. The van der Waals surface area contributed by atoms with E-state index in [1.54, 1.807) is 49.5 Å². The summed E-state index contributed by atoms with van der Waals surface area (Å²) in [6.45, 7) is 0.100. The number of aromatic nitrogens is 1. The number of halogens is 3. The highest BCUT2D eigenvalue weighted by atomic mass is 19.4. The first-order valence-corrected chi connectivity index (χ1v) is 10.1. The molecule has 0 unspecified atom stereocenters. The van der Waals surface area contributed by atoms with Gasteiger partial charge in [0.05, 0.1) is 21.3 Å². The molecule has 0 atom stereocenters. The van der Waals surface area contributed by atoms with Crippen molar-refractivity contribution in [2.24, 2.45) is 0 Å². The molecular weight excluding hydrogens is 437 g/mol. The minimum atomic E-state index is -4.49. The summed E-state index contributed by atoms with van der Waals surface area (Å²) >= 11 is 0. The van der Waals surface area contributed by atoms with E-state index in [-0.39, 0.29) is 19.0 Å². The molecule has 3 aromatic rings. The van der Waals surface area contributed by atoms with Crippen molar-refractivity contribution in [3.8, 4) is 17.2 Å². The van der Waals surface area contributed by atoms with Gasteiger partial charge in [0.25, 0.3) is 0 Å². The van der Waals surface area contributed by atoms with Crippen LogP contribution in [-0.4, -0.2) is 50.3 Å². The molecule has 0 saturated carbocycles. The number of hydrogen-bond acceptors (Lipinski definition) is 4. The molecule has 0 aliphatic rings. The highest BCUT2D eigenvalue weighted by Gasteiger charge is 2.35. The van der Waals surface area contributed by atoms with E-state index in [1.165, 1.54) is 36.9 Å². The number of rotatable bonds is 8. The van der Waals surface area contributed by atoms with Crippen LogP contribution in [0.4, 0.5) is 13.2 Å². The van der Waals surface area contributed by atoms with Gasteiger partial charge in [-0.05, 0) is 35.9 Å². The lowest BCUT2D eigenvalue weighted by atomic mass is 10.1. The van der Waals surface area contributed by atoms with Gasteiger partial charge in [0, 0.05) is 37.1 Å². The van der Waals surface area contributed by atoms with Crippen LogP contribution in [-0.2, 0) is 17.5 Å². The molecule has 1 aromatic heterocycles. The molecule has 9 heteroatoms. The first kappa shape index (κ1) is 24.0. The maximum Gasteiger partial charge on any atom is 0.431 e. The fourth-order valence-electron chi connectivity index (χ4n) is 3.54. The van der Waals surface area contributed by atoms with Crippen LogP contribution in [0, 0.1) is 0 Å². The number of benzene rings is 2. The first-order valence-electron chi connectivity index (χ1n) is 10.1. The Hall–Kier alpha value is -3.62. The summed E-state index contributed by atoms with van der Waals surface area (Å²) in [5.74, 6) is 0.960. The molecule has 1 amide bonds. The SMILES string of the molecule is COc1cc(/C=C/C(=O)N(C)CCn2c(C(F)(F)F)cc3ccccc32)cc(OC)c1OC. The van der Waals surface area contributed by atoms with Crippen molar-refractivity contribution in [1.82, 2.24) is 9.47 Å². The highest BCUT2D eigenvalue weighted by Crippen LogP contribution is 2.38. The number of carbonyl (C=O) groups excluding carboxylic acids is 1. The van der Waals surface area contributed by atoms with Crippen LogP contribution in [0.2, 0.25) is 0 Å². The first-order chi connectivity index (χ1) is 15.7. The van der Waals surface area contributed by atoms with Crippen molar-refractivity contribution >= 4 is 22.9 Å². The van der Waals surface area contributed by atoms with Crippen LogP contribution >= 0.6 is 0 Å². The second kappa shape index (κ2) is 9.89. The molecule has 0 aliphatic carbocycles. The van der Waals surface area contributed by atoms with Gasteiger partial charge < -0.3 is 23.7 Å². The molecule has 0 fully saturated rings. The number of likely N-dealkylation sites (N-methyl/N-ethyl adjacent to an activating group) is 1. The molecule has 0 aliphatic heterocycles. The highest BCUT2D eigenvalue weighted by molar-refractivity contribution is 5.91. The topological polar surface area (TPSA) is 52.9 Å². The lowest BCUT2D eigenvalue weighted by Crippen LogP contribution is -2.29. The Morgan fingerprint density at radius 2 is 1.67 bits per heavy atom. The van der Waals surface area contributed by atoms with Crippen molar-refractivity contribution in [3.05, 3.63) is 59.8 Å². The van der Waals surface area contributed by atoms with Crippen LogP contribution in [0.1, 0.15) is 11.3 Å². The second-order valence-electron chi connectivity index (χ2n) is 7.29. The van der Waals surface area contributed by atoms with Crippen molar-refractivity contribution in [3.63, 3.8) is 0 Å². The van der Waals surface area contributed by atoms with E-state index >= 15 is 0 Å². The number of fused-ring (bicyclic) bond motifs is 1. The van der Waals surface area contributed by atoms with Gasteiger partial charge in [-0.2, -0.15) is 13.2 Å². The Balaban J connectivity index is 1.76. The second-order valence-corrected chi connectivity index (χ2v) is 7.29. The van der Waals surface area contributed by atoms with Crippen LogP contribution in [0.3, 0.4) is 0 Å². The van der Waals surface area contributed by atoms with Gasteiger partial charge in [-0.1, -0.05) is 18.2 Å². The van der Waals surface area contributed by atoms with Crippen molar-refractivity contribution in [1.29, 1.82) is 0 Å². The monoisotopic (exact) mass is 462 g/mol. The summed E-state index contributed by atoms with van der Waals surface area (Å²) in [5.41, 5.74) is 0.373. The van der Waals surface area contributed by atoms with Crippen LogP contribution in [0.15, 0.2) is 48.5 Å². The zero-order valence-electron chi connectivity index (χ0n) is 18.8. The molecule has 6 nitrogen and oxygen atoms in total. The smallest absolute Gasteiger partial charge is 0.431 e. The number of para-hydroxylation sites is 1. The van der Waals surface area contributed by atoms with E-state index in [0.717, 1.165) is 6.07 Å². The minimum absolute atomic E-state index is 0.00260. The van der Waals surface area contributed by atoms with Gasteiger partial charge >= 0.3 is 6.18 Å². The van der Waals surface area contributed by atoms with E-state index in [4.69, 9.17) is 14.2 Å². The number of nitrogens with zero attached hydrogens (tertiary/aromatic N) is 2. The molecule has 176 valence electrons. The molecule has 1 heterocycles. The van der Waals surface area contributed by atoms with Crippen molar-refractivity contribution in [2.45, 2.75) is 12.7 Å². The third-order valence-electron chi connectivity index (χ3n) is 5.24. The molecule has 33 heavy (non-hydrogen) atoms. The van der Waals surface area contributed by atoms with Gasteiger partial charge in [0.1, 0.15) is 5.69 Å². The number of hydrogen-bond donors (Lipinski definition) is 0. The van der Waals surface area contributed by atoms with E-state index < -0.39 is 11.9 Å². The van der Waals surface area contributed by atoms with E-state index in [9.17, 15) is 18.0 Å². The van der Waals surface area contributed by atoms with Crippen molar-refractivity contribution in [2.75, 3.05) is 34.9 Å². The summed E-state index contributed by atoms with van der Waals surface area (Å²) in [7, 11) is 6.01. The summed E-state index contributed by atoms with van der Waals surface area (Å²) < 4.78 is 57.6. The largest absolute Gasteiger partial charge is 0.493 e. The molecular formula is C24H25F3N2O4. The fourth-order valence-corrected chi connectivity index (χ4v) is 3.54. The maximum atomic E-state index is 13.5. The van der Waals surface area contributed by atoms with Gasteiger partial charge in [0.15, 0.2) is 11.5 Å². The normalized spacial score (nSPS) is 11.7. The summed E-state index contributed by atoms with van der Waals surface area (Å²) in [4.78, 5) is 13.9. The Morgan fingerprint density at radius 3 is 2.24 bits per heavy atom. The van der Waals surface area contributed by atoms with E-state index in [2.05, 4.69) is 0 Å². The van der Waals surface area contributed by atoms with Gasteiger partial charge in [-0.3, -0.25) is 4.79 Å². The number of ether oxygens (including phenoxy) is 3. The quantitative estimate of drug-likeness (QED) is 0.449. The van der Waals surface area contributed by atoms with Crippen LogP contribution in [0.25, 0.3) is 17.0 Å². The average molecular weight is 462 g/mol. The van der Waals surface area contributed by atoms with Crippen LogP contribution < -0.4 is 14.2 Å². The molecule has 0 spiro atoms. The number of amides is 1. The predicted octanol–water partition coefficient (Wildman–Crippen LogP) is 4.86. The Bertz CT molecular complexity index is 1140. The van der Waals surface area contributed by atoms with Crippen molar-refractivity contribution < 1.29 is 32.2 Å². The van der Waals surface area contributed by atoms with Gasteiger partial charge in [-0.15, -0.1) is 0 Å². The molecule has 0 saturated heterocycles. The zero-order chi connectivity index (χ0) is 24.2. The fraction of sp³-hybridized carbons (Fsp3) is 0.292. The zero-order valence-corrected chi connectivity index (χ0v) is 18.8. The summed E-state index contributed by atoms with van der Waals surface area (Å²) in [5, 5.41) is 0.501. The molecule has 0 radical (unpaired) electrons. The third kappa shape index (κ3) is 5.24.